The molecule has 0 aliphatic rings. The van der Waals surface area contributed by atoms with Gasteiger partial charge in [0, 0.05) is 0 Å². The summed E-state index contributed by atoms with van der Waals surface area (Å²) in [6, 6.07) is 4.52. The Balaban J connectivity index is 3.00. The molecule has 0 aliphatic heterocycles. The third-order valence-corrected chi connectivity index (χ3v) is 1.41. The number of halogens is 1. The van der Waals surface area contributed by atoms with Crippen LogP contribution in [0.4, 0.5) is 0 Å². The summed E-state index contributed by atoms with van der Waals surface area (Å²) in [5, 5.41) is 17.6. The summed E-state index contributed by atoms with van der Waals surface area (Å²) in [5.41, 5.74) is 0. The zero-order valence-corrected chi connectivity index (χ0v) is 6.25. The van der Waals surface area contributed by atoms with E-state index in [9.17, 15) is 0 Å². The number of rotatable bonds is 2. The number of para-hydroxylation sites is 1. The fourth-order valence-corrected chi connectivity index (χ4v) is 0.881. The zero-order chi connectivity index (χ0) is 8.27. The molecule has 0 saturated carbocycles. The summed E-state index contributed by atoms with van der Waals surface area (Å²) in [6.07, 6.45) is 0. The van der Waals surface area contributed by atoms with Crippen LogP contribution < -0.4 is 4.65 Å². The smallest absolute Gasteiger partial charge is 0.534 e. The summed E-state index contributed by atoms with van der Waals surface area (Å²) in [6.45, 7) is 0. The highest BCUT2D eigenvalue weighted by Crippen LogP contribution is 2.32. The van der Waals surface area contributed by atoms with E-state index in [-0.39, 0.29) is 16.5 Å². The number of phenols is 1. The van der Waals surface area contributed by atoms with Crippen molar-refractivity contribution in [3.63, 3.8) is 0 Å². The molecule has 11 heavy (non-hydrogen) atoms. The zero-order valence-electron chi connectivity index (χ0n) is 5.49. The molecule has 3 nitrogen and oxygen atoms in total. The summed E-state index contributed by atoms with van der Waals surface area (Å²) in [5.74, 6) is -0.0560. The van der Waals surface area contributed by atoms with Crippen LogP contribution in [0.5, 0.6) is 11.5 Å². The molecule has 0 aliphatic carbocycles. The molecule has 0 spiro atoms. The molecule has 57 valence electrons. The minimum atomic E-state index is -0.109. The molecule has 0 atom stereocenters. The van der Waals surface area contributed by atoms with Crippen molar-refractivity contribution in [2.75, 3.05) is 0 Å². The highest BCUT2D eigenvalue weighted by atomic mass is 35.5. The molecular formula is C6H5BClO3. The van der Waals surface area contributed by atoms with Gasteiger partial charge in [-0.25, -0.2) is 0 Å². The molecule has 0 aromatic heterocycles. The molecule has 1 aromatic carbocycles. The van der Waals surface area contributed by atoms with E-state index in [1.807, 2.05) is 0 Å². The highest BCUT2D eigenvalue weighted by molar-refractivity contribution is 6.33. The van der Waals surface area contributed by atoms with Crippen LogP contribution in [0.3, 0.4) is 0 Å². The van der Waals surface area contributed by atoms with Crippen molar-refractivity contribution >= 4 is 19.3 Å². The quantitative estimate of drug-likeness (QED) is 0.652. The van der Waals surface area contributed by atoms with Crippen LogP contribution in [-0.4, -0.2) is 17.8 Å². The lowest BCUT2D eigenvalue weighted by molar-refractivity contribution is 0.410. The molecular weight excluding hydrogens is 166 g/mol. The Morgan fingerprint density at radius 3 is 2.73 bits per heavy atom. The van der Waals surface area contributed by atoms with Gasteiger partial charge in [-0.3, -0.25) is 0 Å². The average Bonchev–Trinajstić information content (AvgIpc) is 1.97. The first-order valence-corrected chi connectivity index (χ1v) is 3.23. The van der Waals surface area contributed by atoms with Gasteiger partial charge in [-0.05, 0) is 12.1 Å². The Kier molecular flexibility index (Phi) is 2.62. The van der Waals surface area contributed by atoms with E-state index in [0.29, 0.717) is 7.69 Å². The van der Waals surface area contributed by atoms with Gasteiger partial charge in [0.15, 0.2) is 11.5 Å². The van der Waals surface area contributed by atoms with Crippen LogP contribution in [0.15, 0.2) is 18.2 Å². The predicted molar refractivity (Wildman–Crippen MR) is 41.7 cm³/mol. The normalized spacial score (nSPS) is 9.27. The molecule has 1 rings (SSSR count). The molecule has 0 fully saturated rings. The van der Waals surface area contributed by atoms with Crippen molar-refractivity contribution < 1.29 is 14.8 Å². The van der Waals surface area contributed by atoms with Crippen LogP contribution in [-0.2, 0) is 0 Å². The standard InChI is InChI=1S/C6H5BClO3/c8-4-2-1-3-5(9)6(4)11-7-10/h1-3,9-10H. The van der Waals surface area contributed by atoms with E-state index in [4.69, 9.17) is 21.7 Å². The molecule has 0 bridgehead atoms. The SMILES string of the molecule is O[B]Oc1c(O)cccc1Cl. The second-order valence-electron chi connectivity index (χ2n) is 1.81. The minimum absolute atomic E-state index is 0.0525. The lowest BCUT2D eigenvalue weighted by Crippen LogP contribution is -2.00. The molecule has 1 radical (unpaired) electrons. The molecule has 2 N–H and O–H groups in total. The maximum atomic E-state index is 9.08. The van der Waals surface area contributed by atoms with Gasteiger partial charge in [0.2, 0.25) is 0 Å². The van der Waals surface area contributed by atoms with Crippen molar-refractivity contribution in [1.82, 2.24) is 0 Å². The lowest BCUT2D eigenvalue weighted by Gasteiger charge is -2.04. The number of hydrogen-bond donors (Lipinski definition) is 2. The number of hydrogen-bond acceptors (Lipinski definition) is 3. The largest absolute Gasteiger partial charge is 0.569 e. The molecule has 1 aromatic rings. The second kappa shape index (κ2) is 3.50. The third-order valence-electron chi connectivity index (χ3n) is 1.12. The van der Waals surface area contributed by atoms with Crippen molar-refractivity contribution in [3.8, 4) is 11.5 Å². The van der Waals surface area contributed by atoms with E-state index in [1.165, 1.54) is 6.07 Å². The van der Waals surface area contributed by atoms with Crippen molar-refractivity contribution in [3.05, 3.63) is 23.2 Å². The van der Waals surface area contributed by atoms with Gasteiger partial charge in [0.25, 0.3) is 0 Å². The number of aromatic hydroxyl groups is 1. The van der Waals surface area contributed by atoms with Gasteiger partial charge in [-0.2, -0.15) is 0 Å². The first kappa shape index (κ1) is 8.23. The maximum absolute atomic E-state index is 9.08. The van der Waals surface area contributed by atoms with Gasteiger partial charge >= 0.3 is 7.69 Å². The van der Waals surface area contributed by atoms with E-state index in [1.54, 1.807) is 12.1 Å². The van der Waals surface area contributed by atoms with E-state index < -0.39 is 0 Å². The first-order chi connectivity index (χ1) is 5.25. The fourth-order valence-electron chi connectivity index (χ4n) is 0.667. The molecule has 0 unspecified atom stereocenters. The van der Waals surface area contributed by atoms with Gasteiger partial charge < -0.3 is 14.8 Å². The Morgan fingerprint density at radius 1 is 1.45 bits per heavy atom. The van der Waals surface area contributed by atoms with E-state index in [0.717, 1.165) is 0 Å². The van der Waals surface area contributed by atoms with Crippen molar-refractivity contribution in [2.24, 2.45) is 0 Å². The minimum Gasteiger partial charge on any atom is -0.534 e. The van der Waals surface area contributed by atoms with Crippen LogP contribution in [0.25, 0.3) is 0 Å². The van der Waals surface area contributed by atoms with Crippen molar-refractivity contribution in [1.29, 1.82) is 0 Å². The summed E-state index contributed by atoms with van der Waals surface area (Å²) in [7, 11) is 0.459. The summed E-state index contributed by atoms with van der Waals surface area (Å²) in [4.78, 5) is 0. The first-order valence-electron chi connectivity index (χ1n) is 2.85. The van der Waals surface area contributed by atoms with Crippen LogP contribution in [0, 0.1) is 0 Å². The van der Waals surface area contributed by atoms with Crippen LogP contribution in [0.2, 0.25) is 5.02 Å². The van der Waals surface area contributed by atoms with Gasteiger partial charge in [0.1, 0.15) is 0 Å². The Labute approximate surface area is 69.5 Å². The van der Waals surface area contributed by atoms with E-state index in [2.05, 4.69) is 4.65 Å². The van der Waals surface area contributed by atoms with Crippen LogP contribution >= 0.6 is 11.6 Å². The monoisotopic (exact) mass is 171 g/mol. The van der Waals surface area contributed by atoms with Gasteiger partial charge in [-0.15, -0.1) is 0 Å². The number of phenolic OH excluding ortho intramolecular Hbond substituents is 1. The topological polar surface area (TPSA) is 49.7 Å². The average molecular weight is 171 g/mol. The predicted octanol–water partition coefficient (Wildman–Crippen LogP) is 0.951. The third kappa shape index (κ3) is 1.79. The van der Waals surface area contributed by atoms with E-state index >= 15 is 0 Å². The summed E-state index contributed by atoms with van der Waals surface area (Å²) >= 11 is 5.59. The fraction of sp³-hybridized carbons (Fsp3) is 0. The number of benzene rings is 1. The maximum Gasteiger partial charge on any atom is 0.569 e. The molecule has 5 heteroatoms. The van der Waals surface area contributed by atoms with Gasteiger partial charge in [-0.1, -0.05) is 17.7 Å². The molecule has 0 saturated heterocycles. The van der Waals surface area contributed by atoms with Crippen LogP contribution in [0.1, 0.15) is 0 Å². The van der Waals surface area contributed by atoms with Crippen molar-refractivity contribution in [2.45, 2.75) is 0 Å². The molecule has 0 amide bonds. The Bertz CT molecular complexity index is 233. The highest BCUT2D eigenvalue weighted by Gasteiger charge is 2.06. The Hall–Kier alpha value is -0.865. The lowest BCUT2D eigenvalue weighted by atomic mass is 10.3. The summed E-state index contributed by atoms with van der Waals surface area (Å²) < 4.78 is 4.52. The Morgan fingerprint density at radius 2 is 2.18 bits per heavy atom. The second-order valence-corrected chi connectivity index (χ2v) is 2.22. The van der Waals surface area contributed by atoms with Gasteiger partial charge in [0.05, 0.1) is 5.02 Å². The molecule has 0 heterocycles.